The molecule has 0 saturated carbocycles. The summed E-state index contributed by atoms with van der Waals surface area (Å²) in [5.41, 5.74) is 2.88. The predicted octanol–water partition coefficient (Wildman–Crippen LogP) is 5.68. The fourth-order valence-corrected chi connectivity index (χ4v) is 3.88. The highest BCUT2D eigenvalue weighted by atomic mass is 79.9. The summed E-state index contributed by atoms with van der Waals surface area (Å²) < 4.78 is 1.00. The number of β-lactam (4-membered cyclic amide) rings is 1. The van der Waals surface area contributed by atoms with Crippen molar-refractivity contribution in [1.29, 1.82) is 0 Å². The van der Waals surface area contributed by atoms with E-state index in [1.54, 1.807) is 11.3 Å². The van der Waals surface area contributed by atoms with Crippen molar-refractivity contribution in [2.75, 3.05) is 4.90 Å². The van der Waals surface area contributed by atoms with E-state index >= 15 is 0 Å². The lowest BCUT2D eigenvalue weighted by atomic mass is 9.87. The number of carbonyl (C=O) groups excluding carboxylic acids is 1. The quantitative estimate of drug-likeness (QED) is 0.412. The first-order chi connectivity index (χ1) is 11.7. The molecule has 24 heavy (non-hydrogen) atoms. The molecule has 0 bridgehead atoms. The third-order valence-electron chi connectivity index (χ3n) is 4.08. The molecule has 1 aliphatic heterocycles. The maximum absolute atomic E-state index is 12.8. The monoisotopic (exact) mass is 395 g/mol. The molecule has 0 N–H and O–H groups in total. The highest BCUT2D eigenvalue weighted by Gasteiger charge is 2.43. The van der Waals surface area contributed by atoms with E-state index in [4.69, 9.17) is 0 Å². The van der Waals surface area contributed by atoms with E-state index < -0.39 is 0 Å². The average Bonchev–Trinajstić information content (AvgIpc) is 3.13. The van der Waals surface area contributed by atoms with E-state index in [9.17, 15) is 4.79 Å². The highest BCUT2D eigenvalue weighted by molar-refractivity contribution is 9.10. The molecule has 2 aromatic carbocycles. The second-order valence-electron chi connectivity index (χ2n) is 5.58. The highest BCUT2D eigenvalue weighted by Crippen LogP contribution is 2.44. The first kappa shape index (κ1) is 15.4. The molecular weight excluding hydrogens is 382 g/mol. The molecule has 1 amide bonds. The summed E-state index contributed by atoms with van der Waals surface area (Å²) in [6.07, 6.45) is 2.01. The van der Waals surface area contributed by atoms with Crippen LogP contribution in [0.3, 0.4) is 0 Å². The molecule has 0 spiro atoms. The normalized spacial score (nSPS) is 18.7. The maximum atomic E-state index is 12.8. The molecule has 1 aromatic heterocycles. The fraction of sp³-hybridized carbons (Fsp3) is 0.0500. The molecule has 4 rings (SSSR count). The van der Waals surface area contributed by atoms with Gasteiger partial charge in [-0.05, 0) is 47.4 Å². The Morgan fingerprint density at radius 1 is 0.958 bits per heavy atom. The van der Waals surface area contributed by atoms with Gasteiger partial charge in [-0.2, -0.15) is 0 Å². The lowest BCUT2D eigenvalue weighted by Crippen LogP contribution is -2.49. The van der Waals surface area contributed by atoms with Crippen LogP contribution >= 0.6 is 27.3 Å². The number of hydrogen-bond acceptors (Lipinski definition) is 2. The number of amides is 1. The minimum absolute atomic E-state index is 0.0398. The van der Waals surface area contributed by atoms with Crippen LogP contribution in [0.2, 0.25) is 0 Å². The second kappa shape index (κ2) is 6.38. The van der Waals surface area contributed by atoms with E-state index in [0.29, 0.717) is 0 Å². The molecule has 1 unspecified atom stereocenters. The summed E-state index contributed by atoms with van der Waals surface area (Å²) >= 11 is 5.09. The lowest BCUT2D eigenvalue weighted by molar-refractivity contribution is -0.118. The van der Waals surface area contributed by atoms with Crippen LogP contribution in [0.1, 0.15) is 16.5 Å². The molecule has 1 saturated heterocycles. The predicted molar refractivity (Wildman–Crippen MR) is 103 cm³/mol. The Balaban J connectivity index is 1.77. The summed E-state index contributed by atoms with van der Waals surface area (Å²) in [7, 11) is 0. The smallest absolute Gasteiger partial charge is 0.257 e. The van der Waals surface area contributed by atoms with Crippen molar-refractivity contribution >= 4 is 44.9 Å². The van der Waals surface area contributed by atoms with E-state index in [-0.39, 0.29) is 11.9 Å². The Labute approximate surface area is 153 Å². The third kappa shape index (κ3) is 2.72. The minimum atomic E-state index is -0.0398. The van der Waals surface area contributed by atoms with Crippen molar-refractivity contribution in [3.63, 3.8) is 0 Å². The number of hydrogen-bond donors (Lipinski definition) is 0. The van der Waals surface area contributed by atoms with Gasteiger partial charge in [0.25, 0.3) is 5.91 Å². The number of carbonyl (C=O) groups is 1. The van der Waals surface area contributed by atoms with Gasteiger partial charge in [-0.3, -0.25) is 9.69 Å². The summed E-state index contributed by atoms with van der Waals surface area (Å²) in [6.45, 7) is 0. The van der Waals surface area contributed by atoms with Crippen LogP contribution < -0.4 is 4.90 Å². The van der Waals surface area contributed by atoms with Crippen molar-refractivity contribution in [2.24, 2.45) is 0 Å². The van der Waals surface area contributed by atoms with Crippen molar-refractivity contribution < 1.29 is 4.79 Å². The lowest BCUT2D eigenvalue weighted by Gasteiger charge is -2.43. The number of rotatable bonds is 3. The van der Waals surface area contributed by atoms with Crippen molar-refractivity contribution in [1.82, 2.24) is 0 Å². The number of anilines is 1. The Hall–Kier alpha value is -2.17. The Morgan fingerprint density at radius 2 is 1.71 bits per heavy atom. The standard InChI is InChI=1S/C20H14BrNOS/c21-15-8-10-16(11-9-15)22-19(14-5-2-1-3-6-14)18(20(22)23)13-17-7-4-12-24-17/h1-13,19H/b18-13-. The summed E-state index contributed by atoms with van der Waals surface area (Å²) in [5, 5.41) is 2.03. The van der Waals surface area contributed by atoms with Gasteiger partial charge in [-0.1, -0.05) is 52.3 Å². The van der Waals surface area contributed by atoms with E-state index in [2.05, 4.69) is 28.1 Å². The topological polar surface area (TPSA) is 20.3 Å². The SMILES string of the molecule is O=C1/C(=C\c2cccs2)C(c2ccccc2)N1c1ccc(Br)cc1. The Kier molecular flexibility index (Phi) is 4.08. The minimum Gasteiger partial charge on any atom is -0.297 e. The zero-order chi connectivity index (χ0) is 16.5. The van der Waals surface area contributed by atoms with Gasteiger partial charge in [0.1, 0.15) is 0 Å². The zero-order valence-corrected chi connectivity index (χ0v) is 15.1. The van der Waals surface area contributed by atoms with Crippen molar-refractivity contribution in [3.05, 3.63) is 92.6 Å². The van der Waals surface area contributed by atoms with Gasteiger partial charge in [0.2, 0.25) is 0 Å². The van der Waals surface area contributed by atoms with Crippen molar-refractivity contribution in [2.45, 2.75) is 6.04 Å². The summed E-state index contributed by atoms with van der Waals surface area (Å²) in [6, 6.07) is 22.0. The molecule has 2 nitrogen and oxygen atoms in total. The largest absolute Gasteiger partial charge is 0.297 e. The summed E-state index contributed by atoms with van der Waals surface area (Å²) in [5.74, 6) is 0.0691. The number of benzene rings is 2. The molecule has 1 fully saturated rings. The number of nitrogens with zero attached hydrogens (tertiary/aromatic N) is 1. The van der Waals surface area contributed by atoms with Gasteiger partial charge in [0, 0.05) is 20.6 Å². The molecule has 1 atom stereocenters. The first-order valence-electron chi connectivity index (χ1n) is 7.63. The maximum Gasteiger partial charge on any atom is 0.257 e. The van der Waals surface area contributed by atoms with E-state index in [1.807, 2.05) is 71.0 Å². The van der Waals surface area contributed by atoms with Gasteiger partial charge < -0.3 is 0 Å². The zero-order valence-electron chi connectivity index (χ0n) is 12.7. The van der Waals surface area contributed by atoms with Crippen molar-refractivity contribution in [3.8, 4) is 0 Å². The van der Waals surface area contributed by atoms with E-state index in [1.165, 1.54) is 0 Å². The van der Waals surface area contributed by atoms with Crippen LogP contribution in [-0.4, -0.2) is 5.91 Å². The van der Waals surface area contributed by atoms with Crippen LogP contribution in [-0.2, 0) is 4.79 Å². The molecule has 0 radical (unpaired) electrons. The molecule has 118 valence electrons. The van der Waals surface area contributed by atoms with Crippen LogP contribution in [0.4, 0.5) is 5.69 Å². The Morgan fingerprint density at radius 3 is 2.38 bits per heavy atom. The average molecular weight is 396 g/mol. The van der Waals surface area contributed by atoms with Gasteiger partial charge >= 0.3 is 0 Å². The van der Waals surface area contributed by atoms with Crippen LogP contribution in [0.15, 0.2) is 82.2 Å². The number of thiophene rings is 1. The Bertz CT molecular complexity index is 885. The summed E-state index contributed by atoms with van der Waals surface area (Å²) in [4.78, 5) is 15.8. The first-order valence-corrected chi connectivity index (χ1v) is 9.30. The third-order valence-corrected chi connectivity index (χ3v) is 5.43. The molecule has 4 heteroatoms. The molecule has 1 aliphatic rings. The van der Waals surface area contributed by atoms with Gasteiger partial charge in [-0.25, -0.2) is 0 Å². The van der Waals surface area contributed by atoms with Crippen LogP contribution in [0, 0.1) is 0 Å². The van der Waals surface area contributed by atoms with Gasteiger partial charge in [-0.15, -0.1) is 11.3 Å². The second-order valence-corrected chi connectivity index (χ2v) is 7.47. The molecule has 0 aliphatic carbocycles. The van der Waals surface area contributed by atoms with Crippen LogP contribution in [0.5, 0.6) is 0 Å². The number of halogens is 1. The molecule has 2 heterocycles. The van der Waals surface area contributed by atoms with E-state index in [0.717, 1.165) is 26.2 Å². The molecular formula is C20H14BrNOS. The van der Waals surface area contributed by atoms with Gasteiger partial charge in [0.05, 0.1) is 6.04 Å². The van der Waals surface area contributed by atoms with Crippen LogP contribution in [0.25, 0.3) is 6.08 Å². The molecule has 3 aromatic rings. The fourth-order valence-electron chi connectivity index (χ4n) is 2.95. The van der Waals surface area contributed by atoms with Gasteiger partial charge in [0.15, 0.2) is 0 Å².